The second-order valence-electron chi connectivity index (χ2n) is 11.0. The summed E-state index contributed by atoms with van der Waals surface area (Å²) in [5.41, 5.74) is 14.2. The summed E-state index contributed by atoms with van der Waals surface area (Å²) in [6.45, 7) is 0. The van der Waals surface area contributed by atoms with E-state index in [-0.39, 0.29) is 29.5 Å². The number of hydrogen-bond donors (Lipinski definition) is 5. The van der Waals surface area contributed by atoms with Crippen molar-refractivity contribution >= 4 is 56.0 Å². The lowest BCUT2D eigenvalue weighted by atomic mass is 10.0. The monoisotopic (exact) mass is 675 g/mol. The molecule has 0 atom stereocenters. The second kappa shape index (κ2) is 14.9. The molecule has 6 rings (SSSR count). The van der Waals surface area contributed by atoms with Crippen molar-refractivity contribution in [2.45, 2.75) is 11.3 Å². The molecule has 0 amide bonds. The van der Waals surface area contributed by atoms with Crippen molar-refractivity contribution in [1.82, 2.24) is 0 Å². The molecule has 6 N–H and O–H groups in total. The molecule has 0 saturated carbocycles. The Kier molecular flexibility index (Phi) is 10.5. The van der Waals surface area contributed by atoms with Crippen molar-refractivity contribution < 1.29 is 30.5 Å². The molecular formula is C38H32ClN4O4S-. The van der Waals surface area contributed by atoms with E-state index in [1.165, 1.54) is 0 Å². The average molecular weight is 676 g/mol. The third-order valence-corrected chi connectivity index (χ3v) is 8.34. The van der Waals surface area contributed by atoms with Crippen LogP contribution in [-0.4, -0.2) is 23.8 Å². The molecule has 5 aromatic carbocycles. The van der Waals surface area contributed by atoms with Crippen molar-refractivity contribution in [3.63, 3.8) is 0 Å². The third-order valence-electron chi connectivity index (χ3n) is 7.44. The van der Waals surface area contributed by atoms with Gasteiger partial charge >= 0.3 is 0 Å². The van der Waals surface area contributed by atoms with E-state index in [0.717, 1.165) is 57.2 Å². The number of nitrogens with two attached hydrogens (primary N) is 1. The minimum Gasteiger partial charge on any atom is -1.00 e. The van der Waals surface area contributed by atoms with Crippen molar-refractivity contribution in [1.29, 1.82) is 0 Å². The van der Waals surface area contributed by atoms with Crippen LogP contribution in [0.3, 0.4) is 0 Å². The number of halogens is 1. The number of aliphatic imine (C=N–C) groups is 1. The van der Waals surface area contributed by atoms with Crippen molar-refractivity contribution in [2.24, 2.45) is 4.99 Å². The van der Waals surface area contributed by atoms with Crippen LogP contribution in [0.2, 0.25) is 0 Å². The minimum absolute atomic E-state index is 0. The fourth-order valence-corrected chi connectivity index (χ4v) is 5.68. The smallest absolute Gasteiger partial charge is 0.296 e. The average Bonchev–Trinajstić information content (AvgIpc) is 3.06. The molecular weight excluding hydrogens is 644 g/mol. The molecule has 8 nitrogen and oxygen atoms in total. The Morgan fingerprint density at radius 3 is 1.90 bits per heavy atom. The van der Waals surface area contributed by atoms with Gasteiger partial charge in [-0.1, -0.05) is 66.7 Å². The summed E-state index contributed by atoms with van der Waals surface area (Å²) in [5.74, 6) is -0.295. The zero-order valence-corrected chi connectivity index (χ0v) is 27.2. The van der Waals surface area contributed by atoms with Crippen LogP contribution in [0.25, 0.3) is 6.08 Å². The molecule has 0 radical (unpaired) electrons. The topological polar surface area (TPSA) is 137 Å². The molecule has 5 aromatic rings. The van der Waals surface area contributed by atoms with Gasteiger partial charge in [0.15, 0.2) is 0 Å². The fraction of sp³-hybridized carbons (Fsp3) is 0.0263. The fourth-order valence-electron chi connectivity index (χ4n) is 5.02. The summed E-state index contributed by atoms with van der Waals surface area (Å²) >= 11 is 0. The molecule has 0 heterocycles. The summed E-state index contributed by atoms with van der Waals surface area (Å²) in [7, 11) is -4.55. The molecule has 0 bridgehead atoms. The predicted molar refractivity (Wildman–Crippen MR) is 191 cm³/mol. The summed E-state index contributed by atoms with van der Waals surface area (Å²) < 4.78 is 33.1. The number of hydrogen-bond acceptors (Lipinski definition) is 7. The van der Waals surface area contributed by atoms with Gasteiger partial charge < -0.3 is 33.9 Å². The maximum atomic E-state index is 11.8. The van der Waals surface area contributed by atoms with Crippen molar-refractivity contribution in [3.05, 3.63) is 162 Å². The normalized spacial score (nSPS) is 12.3. The highest BCUT2D eigenvalue weighted by atomic mass is 35.5. The predicted octanol–water partition coefficient (Wildman–Crippen LogP) is 5.59. The van der Waals surface area contributed by atoms with Crippen molar-refractivity contribution in [3.8, 4) is 5.75 Å². The standard InChI is InChI=1S/C38H32N4O4S.ClH/c39-35-24-38(47(44,45)46)36(25-37(35)43)42-34-20-12-29(13-21-34)23-28-10-18-33(19-11-28)41-32-16-8-27(9-17-32)22-26-6-14-31(15-7-26)40-30-4-2-1-3-5-30;/h1-22,24-25,40,42-43H,23,39H2,(H,44,45,46);1H/p-1. The van der Waals surface area contributed by atoms with Crippen LogP contribution in [0, 0.1) is 0 Å². The van der Waals surface area contributed by atoms with Gasteiger partial charge in [0.05, 0.1) is 22.8 Å². The first-order valence-corrected chi connectivity index (χ1v) is 16.3. The maximum absolute atomic E-state index is 11.8. The molecule has 0 aliphatic heterocycles. The van der Waals surface area contributed by atoms with Gasteiger partial charge in [-0.2, -0.15) is 8.42 Å². The molecule has 242 valence electrons. The molecule has 10 heteroatoms. The van der Waals surface area contributed by atoms with Gasteiger partial charge in [-0.3, -0.25) is 4.55 Å². The summed E-state index contributed by atoms with van der Waals surface area (Å²) in [5, 5.41) is 16.2. The van der Waals surface area contributed by atoms with Gasteiger partial charge in [-0.15, -0.1) is 0 Å². The van der Waals surface area contributed by atoms with Crippen molar-refractivity contribution in [2.75, 3.05) is 16.4 Å². The summed E-state index contributed by atoms with van der Waals surface area (Å²) in [6.07, 6.45) is 10.9. The lowest BCUT2D eigenvalue weighted by Gasteiger charge is -2.13. The second-order valence-corrected chi connectivity index (χ2v) is 12.4. The highest BCUT2D eigenvalue weighted by Crippen LogP contribution is 2.33. The van der Waals surface area contributed by atoms with Gasteiger partial charge in [0, 0.05) is 23.1 Å². The number of rotatable bonds is 9. The number of aromatic hydroxyl groups is 1. The Labute approximate surface area is 285 Å². The maximum Gasteiger partial charge on any atom is 0.296 e. The largest absolute Gasteiger partial charge is 1.00 e. The van der Waals surface area contributed by atoms with Crippen LogP contribution < -0.4 is 28.8 Å². The van der Waals surface area contributed by atoms with Gasteiger partial charge in [0.1, 0.15) is 10.6 Å². The lowest BCUT2D eigenvalue weighted by molar-refractivity contribution is -0.0000143. The molecule has 0 fully saturated rings. The van der Waals surface area contributed by atoms with Crippen LogP contribution in [0.15, 0.2) is 155 Å². The van der Waals surface area contributed by atoms with E-state index < -0.39 is 15.0 Å². The zero-order valence-electron chi connectivity index (χ0n) is 25.6. The number of phenols is 1. The highest BCUT2D eigenvalue weighted by Gasteiger charge is 2.18. The molecule has 0 aromatic heterocycles. The molecule has 1 aliphatic carbocycles. The van der Waals surface area contributed by atoms with Gasteiger partial charge in [0.25, 0.3) is 10.1 Å². The Morgan fingerprint density at radius 2 is 1.27 bits per heavy atom. The Hall–Kier alpha value is -5.61. The summed E-state index contributed by atoms with van der Waals surface area (Å²) in [4.78, 5) is 4.34. The molecule has 48 heavy (non-hydrogen) atoms. The first-order valence-electron chi connectivity index (χ1n) is 14.8. The van der Waals surface area contributed by atoms with Crippen LogP contribution in [-0.2, 0) is 16.5 Å². The van der Waals surface area contributed by atoms with E-state index in [9.17, 15) is 18.1 Å². The number of benzene rings is 5. The van der Waals surface area contributed by atoms with E-state index in [2.05, 4.69) is 53.1 Å². The van der Waals surface area contributed by atoms with Crippen LogP contribution in [0.5, 0.6) is 5.75 Å². The highest BCUT2D eigenvalue weighted by molar-refractivity contribution is 7.86. The number of nitrogens with one attached hydrogen (secondary N) is 2. The van der Waals surface area contributed by atoms with E-state index >= 15 is 0 Å². The van der Waals surface area contributed by atoms with Crippen LogP contribution in [0.1, 0.15) is 16.7 Å². The number of nitrogen functional groups attached to an aromatic ring is 1. The summed E-state index contributed by atoms with van der Waals surface area (Å²) in [6, 6.07) is 36.0. The van der Waals surface area contributed by atoms with Crippen LogP contribution in [0.4, 0.5) is 34.1 Å². The van der Waals surface area contributed by atoms with E-state index in [0.29, 0.717) is 12.1 Å². The molecule has 0 spiro atoms. The number of phenolic OH excluding ortho intramolecular Hbond substituents is 1. The molecule has 0 unspecified atom stereocenters. The van der Waals surface area contributed by atoms with Crippen LogP contribution >= 0.6 is 0 Å². The first kappa shape index (κ1) is 33.7. The van der Waals surface area contributed by atoms with Gasteiger partial charge in [-0.05, 0) is 102 Å². The quantitative estimate of drug-likeness (QED) is 0.0781. The Bertz CT molecular complexity index is 2110. The minimum atomic E-state index is -4.55. The SMILES string of the molecule is Nc1cc(S(=O)(=O)O)c(Nc2ccc(Cc3ccc(N=C4C=CC(=Cc5ccc(Nc6ccccc6)cc5)C=C4)cc3)cc2)cc1O.[Cl-]. The zero-order chi connectivity index (χ0) is 32.8. The Balaban J connectivity index is 0.00000451. The molecule has 1 aliphatic rings. The number of anilines is 5. The van der Waals surface area contributed by atoms with Gasteiger partial charge in [-0.25, -0.2) is 4.99 Å². The third kappa shape index (κ3) is 8.80. The number of allylic oxidation sites excluding steroid dienone is 5. The van der Waals surface area contributed by atoms with E-state index in [1.54, 1.807) is 12.1 Å². The van der Waals surface area contributed by atoms with E-state index in [1.807, 2.05) is 78.9 Å². The number of nitrogens with zero attached hydrogens (tertiary/aromatic N) is 1. The lowest BCUT2D eigenvalue weighted by Crippen LogP contribution is -3.00. The van der Waals surface area contributed by atoms with Gasteiger partial charge in [0.2, 0.25) is 0 Å². The molecule has 0 saturated heterocycles. The van der Waals surface area contributed by atoms with E-state index in [4.69, 9.17) is 10.7 Å². The first-order chi connectivity index (χ1) is 22.7. The number of para-hydroxylation sites is 1. The Morgan fingerprint density at radius 1 is 0.708 bits per heavy atom.